The van der Waals surface area contributed by atoms with Crippen LogP contribution in [0.4, 0.5) is 0 Å². The van der Waals surface area contributed by atoms with E-state index in [0.717, 1.165) is 39.0 Å². The molecule has 21 heteroatoms. The van der Waals surface area contributed by atoms with Crippen LogP contribution in [0, 0.1) is 11.8 Å². The molecule has 6 amide bonds. The van der Waals surface area contributed by atoms with E-state index in [1.165, 1.54) is 11.8 Å². The number of carbonyl (C=O) groups excluding carboxylic acids is 6. The molecule has 0 aromatic heterocycles. The number of nitrogens with zero attached hydrogens (tertiary/aromatic N) is 1. The SMILES string of the molecule is CCCC(NC(=O)[C@@H]1CCCN1C(=O)C(CC1CCCCC1)NC(C)(O)C(NC(=O)C(CCC(=O)O)NC(=O)C(CCC(=O)O)NC(C)=O)C(C)C)[C@@H](O)C(=O)NCC(=O)O. The van der Waals surface area contributed by atoms with Crippen LogP contribution in [0.5, 0.6) is 0 Å². The lowest BCUT2D eigenvalue weighted by atomic mass is 9.83. The molecule has 346 valence electrons. The fraction of sp³-hybridized carbons (Fsp3) is 0.775. The fourth-order valence-corrected chi connectivity index (χ4v) is 8.07. The average Bonchev–Trinajstić information content (AvgIpc) is 3.68. The van der Waals surface area contributed by atoms with Gasteiger partial charge >= 0.3 is 17.9 Å². The standard InChI is InChI=1S/C40H67N7O14/c1-6-11-25(33(55)38(59)41-21-32(53)54)43-37(58)29-14-10-19-47(29)39(60)28(20-24-12-8-7-9-13-24)46-40(5,61)34(22(2)3)45-36(57)27(16-18-31(51)52)44-35(56)26(42-23(4)48)15-17-30(49)50/h22,24-29,33-34,46,55,61H,6-21H2,1-5H3,(H,41,59)(H,42,48)(H,43,58)(H,44,56)(H,45,57)(H,49,50)(H,51,52)(H,53,54)/t25?,26?,27?,28?,29-,33+,34?,40?/m0/s1. The summed E-state index contributed by atoms with van der Waals surface area (Å²) in [5.41, 5.74) is -2.03. The Balaban J connectivity index is 2.39. The van der Waals surface area contributed by atoms with E-state index in [1.54, 1.807) is 20.8 Å². The third-order valence-corrected chi connectivity index (χ3v) is 11.1. The van der Waals surface area contributed by atoms with Crippen molar-refractivity contribution in [3.8, 4) is 0 Å². The Bertz CT molecular complexity index is 1550. The molecule has 61 heavy (non-hydrogen) atoms. The van der Waals surface area contributed by atoms with E-state index in [2.05, 4.69) is 31.9 Å². The van der Waals surface area contributed by atoms with Gasteiger partial charge in [-0.3, -0.25) is 48.5 Å². The summed E-state index contributed by atoms with van der Waals surface area (Å²) in [6.45, 7) is 7.08. The van der Waals surface area contributed by atoms with Gasteiger partial charge in [0, 0.05) is 26.3 Å². The number of aliphatic carboxylic acids is 3. The van der Waals surface area contributed by atoms with Crippen molar-refractivity contribution >= 4 is 53.4 Å². The molecule has 2 fully saturated rings. The molecule has 1 aliphatic heterocycles. The van der Waals surface area contributed by atoms with Gasteiger partial charge in [-0.1, -0.05) is 59.3 Å². The number of aliphatic hydroxyl groups excluding tert-OH is 1. The molecule has 1 saturated heterocycles. The first kappa shape index (κ1) is 52.2. The maximum Gasteiger partial charge on any atom is 0.322 e. The molecule has 2 rings (SSSR count). The molecule has 0 bridgehead atoms. The number of likely N-dealkylation sites (tertiary alicyclic amines) is 1. The summed E-state index contributed by atoms with van der Waals surface area (Å²) in [6.07, 6.45) is 2.62. The van der Waals surface area contributed by atoms with Gasteiger partial charge in [-0.2, -0.15) is 0 Å². The van der Waals surface area contributed by atoms with E-state index < -0.39 is 133 Å². The lowest BCUT2D eigenvalue weighted by Crippen LogP contribution is -2.67. The van der Waals surface area contributed by atoms with Crippen molar-refractivity contribution in [3.63, 3.8) is 0 Å². The van der Waals surface area contributed by atoms with Crippen molar-refractivity contribution in [2.75, 3.05) is 13.1 Å². The van der Waals surface area contributed by atoms with Crippen LogP contribution in [-0.2, 0) is 43.2 Å². The summed E-state index contributed by atoms with van der Waals surface area (Å²) in [5, 5.41) is 65.7. The number of carbonyl (C=O) groups is 9. The predicted octanol–water partition coefficient (Wildman–Crippen LogP) is -0.679. The van der Waals surface area contributed by atoms with Crippen molar-refractivity contribution in [2.45, 2.75) is 173 Å². The van der Waals surface area contributed by atoms with Gasteiger partial charge in [-0.25, -0.2) is 0 Å². The molecule has 21 nitrogen and oxygen atoms in total. The fourth-order valence-electron chi connectivity index (χ4n) is 8.07. The number of rotatable bonds is 26. The highest BCUT2D eigenvalue weighted by Gasteiger charge is 2.44. The summed E-state index contributed by atoms with van der Waals surface area (Å²) >= 11 is 0. The quantitative estimate of drug-likeness (QED) is 0.0480. The van der Waals surface area contributed by atoms with Crippen molar-refractivity contribution in [1.82, 2.24) is 36.8 Å². The molecule has 8 atom stereocenters. The maximum absolute atomic E-state index is 14.6. The number of hydrogen-bond donors (Lipinski definition) is 11. The molecule has 2 aliphatic rings. The number of hydrogen-bond acceptors (Lipinski definition) is 12. The van der Waals surface area contributed by atoms with Crippen LogP contribution in [0.1, 0.15) is 125 Å². The van der Waals surface area contributed by atoms with Crippen molar-refractivity contribution in [1.29, 1.82) is 0 Å². The summed E-state index contributed by atoms with van der Waals surface area (Å²) in [7, 11) is 0. The summed E-state index contributed by atoms with van der Waals surface area (Å²) in [5.74, 6) is -8.84. The molecule has 6 unspecified atom stereocenters. The lowest BCUT2D eigenvalue weighted by Gasteiger charge is -2.41. The van der Waals surface area contributed by atoms with E-state index in [-0.39, 0.29) is 38.1 Å². The first-order chi connectivity index (χ1) is 28.6. The minimum Gasteiger partial charge on any atom is -0.481 e. The molecule has 0 aromatic rings. The van der Waals surface area contributed by atoms with Crippen molar-refractivity contribution in [2.24, 2.45) is 11.8 Å². The molecule has 0 aromatic carbocycles. The summed E-state index contributed by atoms with van der Waals surface area (Å²) < 4.78 is 0. The van der Waals surface area contributed by atoms with Gasteiger partial charge in [-0.15, -0.1) is 0 Å². The van der Waals surface area contributed by atoms with Crippen LogP contribution in [0.25, 0.3) is 0 Å². The first-order valence-electron chi connectivity index (χ1n) is 21.2. The number of amides is 6. The van der Waals surface area contributed by atoms with Crippen LogP contribution in [0.3, 0.4) is 0 Å². The average molecular weight is 870 g/mol. The van der Waals surface area contributed by atoms with Crippen LogP contribution in [0.2, 0.25) is 0 Å². The highest BCUT2D eigenvalue weighted by atomic mass is 16.4. The Hall–Kier alpha value is -4.89. The monoisotopic (exact) mass is 869 g/mol. The second-order valence-corrected chi connectivity index (χ2v) is 16.6. The number of carboxylic acid groups (broad SMARTS) is 3. The third kappa shape index (κ3) is 17.6. The zero-order valence-electron chi connectivity index (χ0n) is 35.9. The topological polar surface area (TPSA) is 330 Å². The van der Waals surface area contributed by atoms with Gasteiger partial charge in [0.2, 0.25) is 29.5 Å². The Kier molecular flexibility index (Phi) is 21.5. The summed E-state index contributed by atoms with van der Waals surface area (Å²) in [6, 6.07) is -7.17. The van der Waals surface area contributed by atoms with Gasteiger partial charge in [0.1, 0.15) is 30.4 Å². The minimum atomic E-state index is -2.03. The Morgan fingerprint density at radius 1 is 0.721 bits per heavy atom. The van der Waals surface area contributed by atoms with E-state index in [1.807, 2.05) is 0 Å². The second-order valence-electron chi connectivity index (χ2n) is 16.6. The van der Waals surface area contributed by atoms with E-state index >= 15 is 0 Å². The van der Waals surface area contributed by atoms with Crippen LogP contribution in [-0.4, -0.2) is 145 Å². The van der Waals surface area contributed by atoms with Gasteiger partial charge in [-0.05, 0) is 57.3 Å². The van der Waals surface area contributed by atoms with Gasteiger partial charge in [0.15, 0.2) is 6.10 Å². The third-order valence-electron chi connectivity index (χ3n) is 11.1. The second kappa shape index (κ2) is 25.1. The first-order valence-corrected chi connectivity index (χ1v) is 21.2. The molecule has 1 saturated carbocycles. The zero-order valence-corrected chi connectivity index (χ0v) is 35.9. The largest absolute Gasteiger partial charge is 0.481 e. The van der Waals surface area contributed by atoms with E-state index in [4.69, 9.17) is 10.2 Å². The number of carboxylic acids is 3. The molecule has 0 radical (unpaired) electrons. The smallest absolute Gasteiger partial charge is 0.322 e. The van der Waals surface area contributed by atoms with Crippen molar-refractivity contribution < 1.29 is 68.7 Å². The van der Waals surface area contributed by atoms with Gasteiger partial charge in [0.25, 0.3) is 5.91 Å². The lowest BCUT2D eigenvalue weighted by molar-refractivity contribution is -0.145. The summed E-state index contributed by atoms with van der Waals surface area (Å²) in [4.78, 5) is 115. The van der Waals surface area contributed by atoms with Crippen molar-refractivity contribution in [3.05, 3.63) is 0 Å². The number of aliphatic hydroxyl groups is 2. The predicted molar refractivity (Wildman–Crippen MR) is 217 cm³/mol. The normalized spacial score (nSPS) is 19.5. The highest BCUT2D eigenvalue weighted by molar-refractivity contribution is 5.93. The van der Waals surface area contributed by atoms with E-state index in [9.17, 15) is 58.5 Å². The molecule has 0 spiro atoms. The Labute approximate surface area is 355 Å². The number of nitrogens with one attached hydrogen (secondary N) is 6. The minimum absolute atomic E-state index is 0.0784. The van der Waals surface area contributed by atoms with Gasteiger partial charge in [0.05, 0.1) is 18.1 Å². The highest BCUT2D eigenvalue weighted by Crippen LogP contribution is 2.30. The molecule has 1 aliphatic carbocycles. The molecule has 11 N–H and O–H groups in total. The van der Waals surface area contributed by atoms with Crippen LogP contribution >= 0.6 is 0 Å². The molecular weight excluding hydrogens is 802 g/mol. The zero-order chi connectivity index (χ0) is 46.0. The molecular formula is C40H67N7O14. The Morgan fingerprint density at radius 2 is 1.30 bits per heavy atom. The maximum atomic E-state index is 14.6. The molecule has 1 heterocycles. The van der Waals surface area contributed by atoms with Gasteiger partial charge < -0.3 is 57.0 Å². The van der Waals surface area contributed by atoms with Crippen LogP contribution < -0.4 is 31.9 Å². The van der Waals surface area contributed by atoms with E-state index in [0.29, 0.717) is 12.8 Å². The Morgan fingerprint density at radius 3 is 1.82 bits per heavy atom. The van der Waals surface area contributed by atoms with Crippen LogP contribution in [0.15, 0.2) is 0 Å².